The highest BCUT2D eigenvalue weighted by Gasteiger charge is 2.10. The largest absolute Gasteiger partial charge is 0.478 e. The molecule has 0 aliphatic heterocycles. The summed E-state index contributed by atoms with van der Waals surface area (Å²) >= 11 is 5.13. The fourth-order valence-electron chi connectivity index (χ4n) is 2.51. The molecule has 1 aromatic heterocycles. The van der Waals surface area contributed by atoms with Gasteiger partial charge in [-0.15, -0.1) is 0 Å². The van der Waals surface area contributed by atoms with Crippen LogP contribution in [0, 0.1) is 6.92 Å². The molecule has 0 saturated carbocycles. The van der Waals surface area contributed by atoms with Gasteiger partial charge in [-0.05, 0) is 49.5 Å². The molecular weight excluding hydrogens is 378 g/mol. The number of thiocarbonyl (C=S) groups is 1. The van der Waals surface area contributed by atoms with Gasteiger partial charge in [-0.2, -0.15) is 5.10 Å². The van der Waals surface area contributed by atoms with Gasteiger partial charge in [0.15, 0.2) is 5.11 Å². The fourth-order valence-corrected chi connectivity index (χ4v) is 2.69. The van der Waals surface area contributed by atoms with Crippen molar-refractivity contribution in [3.8, 4) is 5.69 Å². The first-order chi connectivity index (χ1) is 13.5. The fraction of sp³-hybridized carbons (Fsp3) is 0.0526. The van der Waals surface area contributed by atoms with Crippen molar-refractivity contribution in [2.75, 3.05) is 5.32 Å². The summed E-state index contributed by atoms with van der Waals surface area (Å²) in [4.78, 5) is 23.6. The summed E-state index contributed by atoms with van der Waals surface area (Å²) < 4.78 is 1.44. The second-order valence-electron chi connectivity index (χ2n) is 5.84. The highest BCUT2D eigenvalue weighted by molar-refractivity contribution is 7.80. The first-order valence-electron chi connectivity index (χ1n) is 8.26. The van der Waals surface area contributed by atoms with Crippen molar-refractivity contribution in [3.05, 3.63) is 81.8 Å². The van der Waals surface area contributed by atoms with Gasteiger partial charge in [0.05, 0.1) is 23.0 Å². The first kappa shape index (κ1) is 19.1. The second-order valence-corrected chi connectivity index (χ2v) is 6.24. The number of nitrogens with zero attached hydrogens (tertiary/aromatic N) is 2. The number of aromatic carboxylic acids is 1. The molecule has 0 fully saturated rings. The molecule has 0 aliphatic carbocycles. The van der Waals surface area contributed by atoms with Crippen LogP contribution in [-0.2, 0) is 0 Å². The molecule has 3 aromatic rings. The Kier molecular flexibility index (Phi) is 5.66. The number of para-hydroxylation sites is 1. The number of anilines is 1. The number of benzene rings is 2. The number of aryl methyl sites for hydroxylation is 1. The van der Waals surface area contributed by atoms with Crippen LogP contribution in [0.1, 0.15) is 21.6 Å². The maximum Gasteiger partial charge on any atom is 0.335 e. The van der Waals surface area contributed by atoms with Crippen LogP contribution in [0.3, 0.4) is 0 Å². The van der Waals surface area contributed by atoms with Crippen molar-refractivity contribution in [1.82, 2.24) is 15.2 Å². The number of H-pyrrole nitrogens is 1. The summed E-state index contributed by atoms with van der Waals surface area (Å²) in [7, 11) is 0. The van der Waals surface area contributed by atoms with Gasteiger partial charge in [0.25, 0.3) is 5.56 Å². The summed E-state index contributed by atoms with van der Waals surface area (Å²) in [5.41, 5.74) is 4.80. The minimum atomic E-state index is -1.03. The Morgan fingerprint density at radius 2 is 1.96 bits per heavy atom. The molecule has 0 aliphatic rings. The molecule has 0 saturated heterocycles. The Morgan fingerprint density at radius 3 is 2.68 bits per heavy atom. The van der Waals surface area contributed by atoms with E-state index in [0.29, 0.717) is 16.9 Å². The van der Waals surface area contributed by atoms with Gasteiger partial charge in [0.1, 0.15) is 0 Å². The summed E-state index contributed by atoms with van der Waals surface area (Å²) in [5, 5.41) is 19.0. The lowest BCUT2D eigenvalue weighted by molar-refractivity contribution is 0.0697. The van der Waals surface area contributed by atoms with E-state index in [2.05, 4.69) is 20.9 Å². The van der Waals surface area contributed by atoms with Gasteiger partial charge < -0.3 is 10.4 Å². The van der Waals surface area contributed by atoms with Crippen LogP contribution in [0.4, 0.5) is 5.69 Å². The average molecular weight is 395 g/mol. The SMILES string of the molecule is Cc1[nH]n(-c2ccccc2)c(=O)c1C=NNC(=S)Nc1cccc(C(=O)O)c1. The Balaban J connectivity index is 1.69. The van der Waals surface area contributed by atoms with Gasteiger partial charge in [-0.1, -0.05) is 24.3 Å². The summed E-state index contributed by atoms with van der Waals surface area (Å²) in [6.07, 6.45) is 1.38. The number of carboxylic acid groups (broad SMARTS) is 1. The van der Waals surface area contributed by atoms with Crippen LogP contribution in [0.15, 0.2) is 64.5 Å². The molecule has 0 radical (unpaired) electrons. The molecule has 0 spiro atoms. The quantitative estimate of drug-likeness (QED) is 0.300. The summed E-state index contributed by atoms with van der Waals surface area (Å²) in [6, 6.07) is 15.4. The van der Waals surface area contributed by atoms with E-state index in [0.717, 1.165) is 5.69 Å². The molecule has 28 heavy (non-hydrogen) atoms. The van der Waals surface area contributed by atoms with E-state index in [1.165, 1.54) is 23.0 Å². The number of carbonyl (C=O) groups is 1. The summed E-state index contributed by atoms with van der Waals surface area (Å²) in [6.45, 7) is 1.77. The van der Waals surface area contributed by atoms with E-state index < -0.39 is 5.97 Å². The van der Waals surface area contributed by atoms with E-state index >= 15 is 0 Å². The van der Waals surface area contributed by atoms with E-state index in [1.807, 2.05) is 30.3 Å². The normalized spacial score (nSPS) is 10.8. The molecule has 0 unspecified atom stereocenters. The Morgan fingerprint density at radius 1 is 1.21 bits per heavy atom. The van der Waals surface area contributed by atoms with Gasteiger partial charge in [-0.3, -0.25) is 15.3 Å². The van der Waals surface area contributed by atoms with Crippen molar-refractivity contribution in [3.63, 3.8) is 0 Å². The highest BCUT2D eigenvalue weighted by atomic mass is 32.1. The van der Waals surface area contributed by atoms with Gasteiger partial charge in [0.2, 0.25) is 0 Å². The van der Waals surface area contributed by atoms with Gasteiger partial charge in [-0.25, -0.2) is 9.48 Å². The number of carboxylic acids is 1. The highest BCUT2D eigenvalue weighted by Crippen LogP contribution is 2.10. The van der Waals surface area contributed by atoms with Crippen molar-refractivity contribution >= 4 is 35.2 Å². The Bertz CT molecular complexity index is 1100. The van der Waals surface area contributed by atoms with Crippen molar-refractivity contribution in [1.29, 1.82) is 0 Å². The third-order valence-electron chi connectivity index (χ3n) is 3.86. The predicted molar refractivity (Wildman–Crippen MR) is 111 cm³/mol. The lowest BCUT2D eigenvalue weighted by atomic mass is 10.2. The first-order valence-corrected chi connectivity index (χ1v) is 8.67. The van der Waals surface area contributed by atoms with E-state index in [1.54, 1.807) is 19.1 Å². The number of nitrogens with one attached hydrogen (secondary N) is 3. The standard InChI is InChI=1S/C19H17N5O3S/c1-12-16(17(25)24(23-12)15-8-3-2-4-9-15)11-20-22-19(28)21-14-7-5-6-13(10-14)18(26)27/h2-11,23H,1H3,(H,26,27)(H2,21,22,28). The minimum absolute atomic E-state index is 0.140. The number of hydrogen-bond acceptors (Lipinski definition) is 4. The Hall–Kier alpha value is -3.72. The molecule has 8 nitrogen and oxygen atoms in total. The molecule has 2 aromatic carbocycles. The number of aromatic nitrogens is 2. The van der Waals surface area contributed by atoms with Crippen molar-refractivity contribution in [2.24, 2.45) is 5.10 Å². The van der Waals surface area contributed by atoms with E-state index in [9.17, 15) is 9.59 Å². The maximum atomic E-state index is 12.6. The van der Waals surface area contributed by atoms with Crippen LogP contribution in [0.25, 0.3) is 5.69 Å². The molecule has 4 N–H and O–H groups in total. The predicted octanol–water partition coefficient (Wildman–Crippen LogP) is 2.49. The van der Waals surface area contributed by atoms with Gasteiger partial charge >= 0.3 is 5.97 Å². The van der Waals surface area contributed by atoms with E-state index in [4.69, 9.17) is 17.3 Å². The molecule has 0 amide bonds. The van der Waals surface area contributed by atoms with Gasteiger partial charge in [0, 0.05) is 11.4 Å². The number of rotatable bonds is 5. The molecule has 142 valence electrons. The third-order valence-corrected chi connectivity index (χ3v) is 4.05. The molecule has 1 heterocycles. The monoisotopic (exact) mass is 395 g/mol. The maximum absolute atomic E-state index is 12.6. The number of aromatic amines is 1. The van der Waals surface area contributed by atoms with Crippen LogP contribution in [-0.4, -0.2) is 32.2 Å². The van der Waals surface area contributed by atoms with Crippen molar-refractivity contribution < 1.29 is 9.90 Å². The molecule has 0 bridgehead atoms. The third kappa shape index (κ3) is 4.33. The number of hydrazone groups is 1. The second kappa shape index (κ2) is 8.31. The van der Waals surface area contributed by atoms with E-state index in [-0.39, 0.29) is 16.2 Å². The lowest BCUT2D eigenvalue weighted by Gasteiger charge is -2.07. The zero-order valence-electron chi connectivity index (χ0n) is 14.8. The molecule has 0 atom stereocenters. The van der Waals surface area contributed by atoms with Crippen LogP contribution >= 0.6 is 12.2 Å². The van der Waals surface area contributed by atoms with Crippen LogP contribution in [0.5, 0.6) is 0 Å². The molecule has 3 rings (SSSR count). The molecular formula is C19H17N5O3S. The number of hydrogen-bond donors (Lipinski definition) is 4. The van der Waals surface area contributed by atoms with Crippen LogP contribution < -0.4 is 16.3 Å². The smallest absolute Gasteiger partial charge is 0.335 e. The lowest BCUT2D eigenvalue weighted by Crippen LogP contribution is -2.24. The average Bonchev–Trinajstić information content (AvgIpc) is 2.97. The molecule has 9 heteroatoms. The zero-order valence-corrected chi connectivity index (χ0v) is 15.7. The minimum Gasteiger partial charge on any atom is -0.478 e. The Labute approximate surface area is 165 Å². The topological polar surface area (TPSA) is 112 Å². The zero-order chi connectivity index (χ0) is 20.1. The summed E-state index contributed by atoms with van der Waals surface area (Å²) in [5.74, 6) is -1.03. The van der Waals surface area contributed by atoms with Crippen molar-refractivity contribution in [2.45, 2.75) is 6.92 Å². The van der Waals surface area contributed by atoms with Crippen LogP contribution in [0.2, 0.25) is 0 Å².